The van der Waals surface area contributed by atoms with Gasteiger partial charge in [0.15, 0.2) is 0 Å². The molecule has 0 unspecified atom stereocenters. The van der Waals surface area contributed by atoms with Crippen molar-refractivity contribution in [1.29, 1.82) is 0 Å². The van der Waals surface area contributed by atoms with Crippen molar-refractivity contribution in [3.05, 3.63) is 76.1 Å². The molecule has 128 valence electrons. The SMILES string of the molecule is COCCc1ccc(-c2cc(-c3ccc(O)c(C)c3)[nH]c(=O)c2)cc1. The van der Waals surface area contributed by atoms with Crippen molar-refractivity contribution < 1.29 is 9.84 Å². The molecule has 4 heteroatoms. The minimum Gasteiger partial charge on any atom is -0.508 e. The summed E-state index contributed by atoms with van der Waals surface area (Å²) in [4.78, 5) is 15.0. The number of rotatable bonds is 5. The van der Waals surface area contributed by atoms with Crippen LogP contribution in [0.4, 0.5) is 0 Å². The van der Waals surface area contributed by atoms with Crippen LogP contribution >= 0.6 is 0 Å². The molecule has 4 nitrogen and oxygen atoms in total. The van der Waals surface area contributed by atoms with Gasteiger partial charge in [-0.05, 0) is 65.4 Å². The molecular formula is C21H21NO3. The zero-order valence-corrected chi connectivity index (χ0v) is 14.4. The van der Waals surface area contributed by atoms with Gasteiger partial charge in [0.1, 0.15) is 5.75 Å². The van der Waals surface area contributed by atoms with E-state index in [-0.39, 0.29) is 11.3 Å². The van der Waals surface area contributed by atoms with Crippen LogP contribution in [0, 0.1) is 6.92 Å². The number of aromatic amines is 1. The molecule has 0 saturated heterocycles. The molecule has 1 aromatic heterocycles. The summed E-state index contributed by atoms with van der Waals surface area (Å²) in [6, 6.07) is 17.0. The molecule has 0 saturated carbocycles. The molecule has 0 spiro atoms. The van der Waals surface area contributed by atoms with E-state index in [4.69, 9.17) is 4.74 Å². The summed E-state index contributed by atoms with van der Waals surface area (Å²) in [5, 5.41) is 9.68. The lowest BCUT2D eigenvalue weighted by Gasteiger charge is -2.08. The molecule has 25 heavy (non-hydrogen) atoms. The number of H-pyrrole nitrogens is 1. The Balaban J connectivity index is 1.96. The highest BCUT2D eigenvalue weighted by Gasteiger charge is 2.06. The van der Waals surface area contributed by atoms with E-state index in [0.29, 0.717) is 6.61 Å². The van der Waals surface area contributed by atoms with Crippen molar-refractivity contribution in [3.63, 3.8) is 0 Å². The van der Waals surface area contributed by atoms with Gasteiger partial charge in [0.25, 0.3) is 0 Å². The zero-order valence-electron chi connectivity index (χ0n) is 14.4. The molecular weight excluding hydrogens is 314 g/mol. The molecule has 0 aliphatic rings. The third kappa shape index (κ3) is 3.98. The minimum atomic E-state index is -0.151. The molecule has 0 bridgehead atoms. The Bertz CT molecular complexity index is 927. The van der Waals surface area contributed by atoms with Gasteiger partial charge in [-0.3, -0.25) is 4.79 Å². The third-order valence-corrected chi connectivity index (χ3v) is 4.23. The van der Waals surface area contributed by atoms with Crippen LogP contribution in [-0.2, 0) is 11.2 Å². The van der Waals surface area contributed by atoms with Crippen molar-refractivity contribution in [3.8, 4) is 28.1 Å². The van der Waals surface area contributed by atoms with E-state index >= 15 is 0 Å². The zero-order chi connectivity index (χ0) is 17.8. The maximum Gasteiger partial charge on any atom is 0.249 e. The summed E-state index contributed by atoms with van der Waals surface area (Å²) in [7, 11) is 1.69. The van der Waals surface area contributed by atoms with Crippen molar-refractivity contribution in [2.45, 2.75) is 13.3 Å². The normalized spacial score (nSPS) is 10.8. The molecule has 0 aliphatic carbocycles. The molecule has 0 radical (unpaired) electrons. The van der Waals surface area contributed by atoms with Crippen LogP contribution in [-0.4, -0.2) is 23.8 Å². The first-order valence-corrected chi connectivity index (χ1v) is 8.19. The number of hydrogen-bond donors (Lipinski definition) is 2. The van der Waals surface area contributed by atoms with E-state index in [1.54, 1.807) is 25.3 Å². The number of aryl methyl sites for hydroxylation is 1. The van der Waals surface area contributed by atoms with Gasteiger partial charge in [-0.15, -0.1) is 0 Å². The van der Waals surface area contributed by atoms with Crippen LogP contribution in [0.15, 0.2) is 59.4 Å². The average molecular weight is 335 g/mol. The predicted molar refractivity (Wildman–Crippen MR) is 99.9 cm³/mol. The first kappa shape index (κ1) is 17.0. The van der Waals surface area contributed by atoms with E-state index in [0.717, 1.165) is 34.4 Å². The summed E-state index contributed by atoms with van der Waals surface area (Å²) >= 11 is 0. The molecule has 2 aromatic carbocycles. The van der Waals surface area contributed by atoms with Crippen LogP contribution in [0.5, 0.6) is 5.75 Å². The topological polar surface area (TPSA) is 62.3 Å². The number of nitrogens with one attached hydrogen (secondary N) is 1. The predicted octanol–water partition coefficient (Wildman–Crippen LogP) is 3.91. The van der Waals surface area contributed by atoms with Crippen LogP contribution in [0.3, 0.4) is 0 Å². The number of ether oxygens (including phenoxy) is 1. The minimum absolute atomic E-state index is 0.151. The van der Waals surface area contributed by atoms with Crippen LogP contribution in [0.25, 0.3) is 22.4 Å². The van der Waals surface area contributed by atoms with Crippen molar-refractivity contribution in [1.82, 2.24) is 4.98 Å². The second-order valence-electron chi connectivity index (χ2n) is 6.09. The first-order valence-electron chi connectivity index (χ1n) is 8.19. The summed E-state index contributed by atoms with van der Waals surface area (Å²) in [6.45, 7) is 2.52. The Labute approximate surface area is 146 Å². The van der Waals surface area contributed by atoms with Gasteiger partial charge in [-0.2, -0.15) is 0 Å². The average Bonchev–Trinajstić information content (AvgIpc) is 2.62. The highest BCUT2D eigenvalue weighted by molar-refractivity contribution is 5.71. The van der Waals surface area contributed by atoms with E-state index in [9.17, 15) is 9.90 Å². The smallest absolute Gasteiger partial charge is 0.249 e. The third-order valence-electron chi connectivity index (χ3n) is 4.23. The summed E-state index contributed by atoms with van der Waals surface area (Å²) < 4.78 is 5.10. The first-order chi connectivity index (χ1) is 12.1. The van der Waals surface area contributed by atoms with Gasteiger partial charge >= 0.3 is 0 Å². The molecule has 0 aliphatic heterocycles. The maximum absolute atomic E-state index is 12.1. The fourth-order valence-corrected chi connectivity index (χ4v) is 2.77. The second-order valence-corrected chi connectivity index (χ2v) is 6.09. The van der Waals surface area contributed by atoms with Gasteiger partial charge < -0.3 is 14.8 Å². The molecule has 1 heterocycles. The highest BCUT2D eigenvalue weighted by atomic mass is 16.5. The van der Waals surface area contributed by atoms with Crippen molar-refractivity contribution in [2.24, 2.45) is 0 Å². The molecule has 3 rings (SSSR count). The number of hydrogen-bond acceptors (Lipinski definition) is 3. The van der Waals surface area contributed by atoms with E-state index in [1.165, 1.54) is 5.56 Å². The largest absolute Gasteiger partial charge is 0.508 e. The molecule has 3 aromatic rings. The number of aromatic nitrogens is 1. The number of phenols is 1. The fraction of sp³-hybridized carbons (Fsp3) is 0.190. The van der Waals surface area contributed by atoms with E-state index in [2.05, 4.69) is 17.1 Å². The van der Waals surface area contributed by atoms with E-state index < -0.39 is 0 Å². The molecule has 0 fully saturated rings. The van der Waals surface area contributed by atoms with Crippen molar-refractivity contribution >= 4 is 0 Å². The monoisotopic (exact) mass is 335 g/mol. The Morgan fingerprint density at radius 3 is 2.36 bits per heavy atom. The van der Waals surface area contributed by atoms with Crippen molar-refractivity contribution in [2.75, 3.05) is 13.7 Å². The standard InChI is InChI=1S/C21H21NO3/c1-14-11-17(7-8-20(14)23)19-12-18(13-21(24)22-19)16-5-3-15(4-6-16)9-10-25-2/h3-8,11-13,23H,9-10H2,1-2H3,(H,22,24). The van der Waals surface area contributed by atoms with Gasteiger partial charge in [-0.1, -0.05) is 24.3 Å². The Morgan fingerprint density at radius 2 is 1.68 bits per heavy atom. The lowest BCUT2D eigenvalue weighted by molar-refractivity contribution is 0.202. The molecule has 0 amide bonds. The lowest BCUT2D eigenvalue weighted by atomic mass is 10.0. The summed E-state index contributed by atoms with van der Waals surface area (Å²) in [6.07, 6.45) is 0.865. The van der Waals surface area contributed by atoms with Gasteiger partial charge in [0.05, 0.1) is 6.61 Å². The number of aromatic hydroxyl groups is 1. The van der Waals surface area contributed by atoms with Crippen LogP contribution in [0.2, 0.25) is 0 Å². The van der Waals surface area contributed by atoms with Crippen LogP contribution in [0.1, 0.15) is 11.1 Å². The van der Waals surface area contributed by atoms with Crippen LogP contribution < -0.4 is 5.56 Å². The number of phenolic OH excluding ortho intramolecular Hbond substituents is 1. The Hall–Kier alpha value is -2.85. The maximum atomic E-state index is 12.1. The van der Waals surface area contributed by atoms with Gasteiger partial charge in [0.2, 0.25) is 5.56 Å². The molecule has 0 atom stereocenters. The number of methoxy groups -OCH3 is 1. The fourth-order valence-electron chi connectivity index (χ4n) is 2.77. The number of pyridine rings is 1. The Morgan fingerprint density at radius 1 is 0.960 bits per heavy atom. The summed E-state index contributed by atoms with van der Waals surface area (Å²) in [5.74, 6) is 0.244. The Kier molecular flexibility index (Phi) is 5.00. The quantitative estimate of drug-likeness (QED) is 0.743. The summed E-state index contributed by atoms with van der Waals surface area (Å²) in [5.41, 5.74) is 5.27. The second kappa shape index (κ2) is 7.36. The van der Waals surface area contributed by atoms with Gasteiger partial charge in [-0.25, -0.2) is 0 Å². The van der Waals surface area contributed by atoms with Gasteiger partial charge in [0, 0.05) is 18.9 Å². The number of benzene rings is 2. The molecule has 2 N–H and O–H groups in total. The van der Waals surface area contributed by atoms with E-state index in [1.807, 2.05) is 31.2 Å². The highest BCUT2D eigenvalue weighted by Crippen LogP contribution is 2.27. The lowest BCUT2D eigenvalue weighted by Crippen LogP contribution is -2.05.